The molecule has 1 unspecified atom stereocenters. The maximum absolute atomic E-state index is 6.26. The molecule has 1 atom stereocenters. The lowest BCUT2D eigenvalue weighted by Crippen LogP contribution is -2.17. The molecule has 0 spiro atoms. The fourth-order valence-corrected chi connectivity index (χ4v) is 3.93. The Labute approximate surface area is 171 Å². The Hall–Kier alpha value is -2.12. The van der Waals surface area contributed by atoms with E-state index in [9.17, 15) is 0 Å². The van der Waals surface area contributed by atoms with Gasteiger partial charge in [0.15, 0.2) is 11.9 Å². The molecule has 0 fully saturated rings. The number of hydrogen-bond acceptors (Lipinski definition) is 6. The van der Waals surface area contributed by atoms with Crippen LogP contribution < -0.4 is 10.1 Å². The van der Waals surface area contributed by atoms with Crippen LogP contribution in [0.1, 0.15) is 31.6 Å². The van der Waals surface area contributed by atoms with Crippen LogP contribution in [0.4, 0.5) is 5.69 Å². The maximum atomic E-state index is 6.26. The molecule has 0 aliphatic carbocycles. The number of fused-ring (bicyclic) bond motifs is 3. The summed E-state index contributed by atoms with van der Waals surface area (Å²) in [6.45, 7) is 2.17. The van der Waals surface area contributed by atoms with Gasteiger partial charge in [0.25, 0.3) is 0 Å². The van der Waals surface area contributed by atoms with Gasteiger partial charge in [0, 0.05) is 27.0 Å². The molecule has 1 aliphatic rings. The molecule has 1 aromatic heterocycles. The molecule has 3 aromatic rings. The number of rotatable bonds is 5. The van der Waals surface area contributed by atoms with E-state index < -0.39 is 0 Å². The summed E-state index contributed by atoms with van der Waals surface area (Å²) >= 11 is 5.09. The van der Waals surface area contributed by atoms with E-state index in [0.29, 0.717) is 16.7 Å². The van der Waals surface area contributed by atoms with E-state index in [1.807, 2.05) is 48.5 Å². The number of hydrogen-bond donors (Lipinski definition) is 1. The van der Waals surface area contributed by atoms with Crippen LogP contribution in [0.3, 0.4) is 0 Å². The number of aromatic nitrogens is 3. The molecule has 138 valence electrons. The summed E-state index contributed by atoms with van der Waals surface area (Å²) in [5.74, 6) is 1.48. The minimum atomic E-state index is -0.356. The molecular formula is C20H19BrN4OS. The van der Waals surface area contributed by atoms with Crippen LogP contribution in [0, 0.1) is 0 Å². The average Bonchev–Trinajstić information content (AvgIpc) is 2.85. The Kier molecular flexibility index (Phi) is 5.59. The second-order valence-corrected chi connectivity index (χ2v) is 8.17. The van der Waals surface area contributed by atoms with Gasteiger partial charge in [0.1, 0.15) is 0 Å². The van der Waals surface area contributed by atoms with Gasteiger partial charge < -0.3 is 10.1 Å². The van der Waals surface area contributed by atoms with Crippen molar-refractivity contribution in [1.82, 2.24) is 15.2 Å². The van der Waals surface area contributed by atoms with Crippen LogP contribution in [0.2, 0.25) is 0 Å². The number of anilines is 1. The van der Waals surface area contributed by atoms with Crippen molar-refractivity contribution in [3.05, 3.63) is 58.6 Å². The Morgan fingerprint density at radius 1 is 1.11 bits per heavy atom. The van der Waals surface area contributed by atoms with Crippen molar-refractivity contribution in [2.75, 3.05) is 11.1 Å². The molecule has 0 bridgehead atoms. The number of ether oxygens (including phenoxy) is 1. The number of nitrogens with one attached hydrogen (secondary N) is 1. The van der Waals surface area contributed by atoms with Crippen molar-refractivity contribution in [2.45, 2.75) is 31.1 Å². The highest BCUT2D eigenvalue weighted by Crippen LogP contribution is 2.39. The van der Waals surface area contributed by atoms with Crippen LogP contribution in [-0.2, 0) is 0 Å². The van der Waals surface area contributed by atoms with Crippen LogP contribution >= 0.6 is 27.7 Å². The highest BCUT2D eigenvalue weighted by molar-refractivity contribution is 9.10. The van der Waals surface area contributed by atoms with E-state index in [1.54, 1.807) is 11.8 Å². The van der Waals surface area contributed by atoms with E-state index in [4.69, 9.17) is 4.74 Å². The maximum Gasteiger partial charge on any atom is 0.247 e. The molecular weight excluding hydrogens is 424 g/mol. The molecule has 2 heterocycles. The Bertz CT molecular complexity index is 936. The molecule has 2 aromatic carbocycles. The van der Waals surface area contributed by atoms with E-state index in [-0.39, 0.29) is 6.23 Å². The second kappa shape index (κ2) is 8.27. The number of thioether (sulfide) groups is 1. The number of nitrogens with zero attached hydrogens (tertiary/aromatic N) is 3. The fraction of sp³-hybridized carbons (Fsp3) is 0.250. The van der Waals surface area contributed by atoms with Crippen molar-refractivity contribution in [1.29, 1.82) is 0 Å². The number of unbranched alkanes of at least 4 members (excludes halogenated alkanes) is 1. The zero-order chi connectivity index (χ0) is 18.6. The van der Waals surface area contributed by atoms with Gasteiger partial charge in [-0.1, -0.05) is 71.4 Å². The molecule has 27 heavy (non-hydrogen) atoms. The van der Waals surface area contributed by atoms with Gasteiger partial charge >= 0.3 is 0 Å². The molecule has 0 amide bonds. The van der Waals surface area contributed by atoms with Crippen molar-refractivity contribution >= 4 is 33.4 Å². The van der Waals surface area contributed by atoms with E-state index in [1.165, 1.54) is 0 Å². The first kappa shape index (κ1) is 18.3. The Morgan fingerprint density at radius 3 is 2.74 bits per heavy atom. The minimum Gasteiger partial charge on any atom is -0.448 e. The predicted molar refractivity (Wildman–Crippen MR) is 112 cm³/mol. The highest BCUT2D eigenvalue weighted by atomic mass is 79.9. The topological polar surface area (TPSA) is 59.9 Å². The van der Waals surface area contributed by atoms with Gasteiger partial charge in [0.05, 0.1) is 0 Å². The minimum absolute atomic E-state index is 0.356. The van der Waals surface area contributed by atoms with Crippen LogP contribution in [-0.4, -0.2) is 20.9 Å². The lowest BCUT2D eigenvalue weighted by Gasteiger charge is -2.19. The summed E-state index contributed by atoms with van der Waals surface area (Å²) < 4.78 is 7.29. The Balaban J connectivity index is 1.73. The van der Waals surface area contributed by atoms with Crippen molar-refractivity contribution in [3.63, 3.8) is 0 Å². The van der Waals surface area contributed by atoms with Gasteiger partial charge in [-0.2, -0.15) is 4.98 Å². The molecule has 0 radical (unpaired) electrons. The second-order valence-electron chi connectivity index (χ2n) is 6.19. The standard InChI is InChI=1S/C20H19BrN4OS/c1-2-3-12-27-20-23-19-17(24-25-20)15-6-4-5-7-16(15)22-18(26-19)13-8-10-14(21)11-9-13/h4-11,18,22H,2-3,12H2,1H3. The molecule has 7 heteroatoms. The van der Waals surface area contributed by atoms with Gasteiger partial charge in [-0.3, -0.25) is 0 Å². The number of para-hydroxylation sites is 1. The zero-order valence-electron chi connectivity index (χ0n) is 14.9. The largest absolute Gasteiger partial charge is 0.448 e. The predicted octanol–water partition coefficient (Wildman–Crippen LogP) is 5.70. The monoisotopic (exact) mass is 442 g/mol. The SMILES string of the molecule is CCCCSc1nnc2c(n1)OC(c1ccc(Br)cc1)Nc1ccccc1-2. The first-order valence-corrected chi connectivity index (χ1v) is 10.7. The first-order valence-electron chi connectivity index (χ1n) is 8.90. The summed E-state index contributed by atoms with van der Waals surface area (Å²) in [5, 5.41) is 12.8. The third-order valence-corrected chi connectivity index (χ3v) is 5.69. The van der Waals surface area contributed by atoms with Gasteiger partial charge in [-0.25, -0.2) is 0 Å². The van der Waals surface area contributed by atoms with E-state index in [2.05, 4.69) is 43.4 Å². The lowest BCUT2D eigenvalue weighted by atomic mass is 10.1. The number of benzene rings is 2. The van der Waals surface area contributed by atoms with Crippen LogP contribution in [0.5, 0.6) is 5.88 Å². The Morgan fingerprint density at radius 2 is 1.93 bits per heavy atom. The summed E-state index contributed by atoms with van der Waals surface area (Å²) in [6, 6.07) is 16.1. The molecule has 4 rings (SSSR count). The van der Waals surface area contributed by atoms with Crippen molar-refractivity contribution in [2.24, 2.45) is 0 Å². The van der Waals surface area contributed by atoms with Gasteiger partial charge in [0.2, 0.25) is 11.0 Å². The first-order chi connectivity index (χ1) is 13.2. The van der Waals surface area contributed by atoms with E-state index in [0.717, 1.165) is 39.9 Å². The molecule has 0 saturated carbocycles. The molecule has 0 saturated heterocycles. The quantitative estimate of drug-likeness (QED) is 0.404. The van der Waals surface area contributed by atoms with Crippen LogP contribution in [0.15, 0.2) is 58.2 Å². The summed E-state index contributed by atoms with van der Waals surface area (Å²) in [6.07, 6.45) is 1.91. The lowest BCUT2D eigenvalue weighted by molar-refractivity contribution is 0.225. The van der Waals surface area contributed by atoms with Gasteiger partial charge in [-0.05, 0) is 24.6 Å². The fourth-order valence-electron chi connectivity index (χ4n) is 2.80. The third-order valence-electron chi connectivity index (χ3n) is 4.24. The third kappa shape index (κ3) is 4.09. The normalized spacial score (nSPS) is 15.1. The zero-order valence-corrected chi connectivity index (χ0v) is 17.3. The summed E-state index contributed by atoms with van der Waals surface area (Å²) in [5.41, 5.74) is 3.57. The molecule has 5 nitrogen and oxygen atoms in total. The molecule has 1 N–H and O–H groups in total. The molecule has 1 aliphatic heterocycles. The van der Waals surface area contributed by atoms with Crippen molar-refractivity contribution < 1.29 is 4.74 Å². The van der Waals surface area contributed by atoms with Crippen molar-refractivity contribution in [3.8, 4) is 17.1 Å². The average molecular weight is 443 g/mol. The highest BCUT2D eigenvalue weighted by Gasteiger charge is 2.25. The number of halogens is 1. The summed E-state index contributed by atoms with van der Waals surface area (Å²) in [7, 11) is 0. The van der Waals surface area contributed by atoms with Gasteiger partial charge in [-0.15, -0.1) is 10.2 Å². The van der Waals surface area contributed by atoms with E-state index >= 15 is 0 Å². The summed E-state index contributed by atoms with van der Waals surface area (Å²) in [4.78, 5) is 4.66. The van der Waals surface area contributed by atoms with Crippen LogP contribution in [0.25, 0.3) is 11.3 Å². The smallest absolute Gasteiger partial charge is 0.247 e.